The topological polar surface area (TPSA) is 64.4 Å². The zero-order valence-corrected chi connectivity index (χ0v) is 16.2. The van der Waals surface area contributed by atoms with E-state index in [-0.39, 0.29) is 5.91 Å². The Labute approximate surface area is 169 Å². The van der Waals surface area contributed by atoms with E-state index >= 15 is 0 Å². The third-order valence-corrected chi connectivity index (χ3v) is 4.94. The minimum atomic E-state index is -0.0192. The van der Waals surface area contributed by atoms with E-state index in [1.165, 1.54) is 0 Å². The van der Waals surface area contributed by atoms with Crippen LogP contribution in [0.1, 0.15) is 17.5 Å². The second-order valence-corrected chi connectivity index (χ2v) is 6.73. The molecule has 0 spiro atoms. The summed E-state index contributed by atoms with van der Waals surface area (Å²) in [6.45, 7) is 0.398. The summed E-state index contributed by atoms with van der Waals surface area (Å²) >= 11 is 0. The van der Waals surface area contributed by atoms with Gasteiger partial charge in [0.05, 0.1) is 13.4 Å². The van der Waals surface area contributed by atoms with E-state index in [4.69, 9.17) is 9.15 Å². The van der Waals surface area contributed by atoms with Crippen LogP contribution in [0, 0.1) is 0 Å². The fraction of sp³-hybridized carbons (Fsp3) is 0.167. The lowest BCUT2D eigenvalue weighted by Crippen LogP contribution is -2.23. The zero-order valence-electron chi connectivity index (χ0n) is 16.2. The first kappa shape index (κ1) is 18.7. The molecular formula is C24H22N2O3. The predicted octanol–water partition coefficient (Wildman–Crippen LogP) is 4.75. The van der Waals surface area contributed by atoms with Crippen molar-refractivity contribution < 1.29 is 13.9 Å². The predicted molar refractivity (Wildman–Crippen MR) is 113 cm³/mol. The van der Waals surface area contributed by atoms with E-state index in [2.05, 4.69) is 22.4 Å². The Morgan fingerprint density at radius 3 is 2.79 bits per heavy atom. The lowest BCUT2D eigenvalue weighted by Gasteiger charge is -2.13. The first-order valence-electron chi connectivity index (χ1n) is 9.55. The standard InChI is InChI=1S/C24H22N2O3/c1-28-21-12-10-17-6-2-3-8-19(17)20(21)11-13-23(27)26-16-18-7-4-14-25-24(18)22-9-5-15-29-22/h2-10,12,14-15H,11,13,16H2,1H3,(H,26,27). The summed E-state index contributed by atoms with van der Waals surface area (Å²) in [6, 6.07) is 19.6. The first-order chi connectivity index (χ1) is 14.3. The molecule has 1 amide bonds. The van der Waals surface area contributed by atoms with Crippen LogP contribution < -0.4 is 10.1 Å². The van der Waals surface area contributed by atoms with Crippen molar-refractivity contribution in [1.82, 2.24) is 10.3 Å². The van der Waals surface area contributed by atoms with Gasteiger partial charge in [-0.2, -0.15) is 0 Å². The number of carbonyl (C=O) groups is 1. The minimum absolute atomic E-state index is 0.0192. The Balaban J connectivity index is 1.44. The minimum Gasteiger partial charge on any atom is -0.496 e. The molecule has 5 heteroatoms. The van der Waals surface area contributed by atoms with Gasteiger partial charge in [0.25, 0.3) is 0 Å². The number of nitrogens with one attached hydrogen (secondary N) is 1. The maximum Gasteiger partial charge on any atom is 0.220 e. The molecule has 0 atom stereocenters. The number of benzene rings is 2. The molecule has 2 heterocycles. The average Bonchev–Trinajstić information content (AvgIpc) is 3.31. The molecule has 2 aromatic carbocycles. The molecule has 0 fully saturated rings. The molecule has 29 heavy (non-hydrogen) atoms. The zero-order chi connectivity index (χ0) is 20.1. The van der Waals surface area contributed by atoms with Gasteiger partial charge in [0.2, 0.25) is 5.91 Å². The van der Waals surface area contributed by atoms with Gasteiger partial charge in [-0.15, -0.1) is 0 Å². The number of furan rings is 1. The number of aryl methyl sites for hydroxylation is 1. The molecule has 2 aromatic heterocycles. The number of aromatic nitrogens is 1. The van der Waals surface area contributed by atoms with E-state index in [0.717, 1.165) is 33.3 Å². The van der Waals surface area contributed by atoms with Crippen LogP contribution in [0.15, 0.2) is 77.5 Å². The van der Waals surface area contributed by atoms with Crippen molar-refractivity contribution in [3.63, 3.8) is 0 Å². The summed E-state index contributed by atoms with van der Waals surface area (Å²) in [4.78, 5) is 16.9. The number of nitrogens with zero attached hydrogens (tertiary/aromatic N) is 1. The normalized spacial score (nSPS) is 10.8. The first-order valence-corrected chi connectivity index (χ1v) is 9.55. The second-order valence-electron chi connectivity index (χ2n) is 6.73. The molecule has 0 aliphatic heterocycles. The van der Waals surface area contributed by atoms with Crippen LogP contribution in [0.4, 0.5) is 0 Å². The van der Waals surface area contributed by atoms with Crippen molar-refractivity contribution >= 4 is 16.7 Å². The summed E-state index contributed by atoms with van der Waals surface area (Å²) in [7, 11) is 1.66. The average molecular weight is 386 g/mol. The Morgan fingerprint density at radius 2 is 1.97 bits per heavy atom. The van der Waals surface area contributed by atoms with Gasteiger partial charge >= 0.3 is 0 Å². The SMILES string of the molecule is COc1ccc2ccccc2c1CCC(=O)NCc1cccnc1-c1ccco1. The maximum atomic E-state index is 12.5. The van der Waals surface area contributed by atoms with Gasteiger partial charge in [-0.25, -0.2) is 0 Å². The summed E-state index contributed by atoms with van der Waals surface area (Å²) in [6.07, 6.45) is 4.31. The van der Waals surface area contributed by atoms with Crippen LogP contribution in [0.3, 0.4) is 0 Å². The molecule has 4 rings (SSSR count). The van der Waals surface area contributed by atoms with E-state index in [1.807, 2.05) is 48.5 Å². The molecule has 5 nitrogen and oxygen atoms in total. The van der Waals surface area contributed by atoms with E-state index in [9.17, 15) is 4.79 Å². The number of fused-ring (bicyclic) bond motifs is 1. The Hall–Kier alpha value is -3.60. The largest absolute Gasteiger partial charge is 0.496 e. The molecular weight excluding hydrogens is 364 g/mol. The van der Waals surface area contributed by atoms with Crippen molar-refractivity contribution in [2.75, 3.05) is 7.11 Å². The lowest BCUT2D eigenvalue weighted by atomic mass is 9.99. The van der Waals surface area contributed by atoms with Gasteiger partial charge in [-0.05, 0) is 41.5 Å². The van der Waals surface area contributed by atoms with Crippen molar-refractivity contribution in [3.8, 4) is 17.2 Å². The molecule has 0 bridgehead atoms. The number of rotatable bonds is 7. The van der Waals surface area contributed by atoms with Gasteiger partial charge in [0.15, 0.2) is 5.76 Å². The fourth-order valence-electron chi connectivity index (χ4n) is 3.50. The highest BCUT2D eigenvalue weighted by Crippen LogP contribution is 2.29. The summed E-state index contributed by atoms with van der Waals surface area (Å²) in [5.74, 6) is 1.48. The van der Waals surface area contributed by atoms with E-state index in [0.29, 0.717) is 25.1 Å². The van der Waals surface area contributed by atoms with Gasteiger partial charge in [0.1, 0.15) is 11.4 Å². The van der Waals surface area contributed by atoms with Crippen molar-refractivity contribution in [2.24, 2.45) is 0 Å². The summed E-state index contributed by atoms with van der Waals surface area (Å²) in [5.41, 5.74) is 2.71. The third kappa shape index (κ3) is 4.14. The summed E-state index contributed by atoms with van der Waals surface area (Å²) in [5, 5.41) is 5.25. The molecule has 0 saturated heterocycles. The fourth-order valence-corrected chi connectivity index (χ4v) is 3.50. The smallest absolute Gasteiger partial charge is 0.220 e. The quantitative estimate of drug-likeness (QED) is 0.498. The molecule has 0 aliphatic carbocycles. The molecule has 146 valence electrons. The van der Waals surface area contributed by atoms with Crippen LogP contribution in [-0.4, -0.2) is 18.0 Å². The molecule has 4 aromatic rings. The number of hydrogen-bond acceptors (Lipinski definition) is 4. The van der Waals surface area contributed by atoms with Gasteiger partial charge < -0.3 is 14.5 Å². The van der Waals surface area contributed by atoms with Crippen molar-refractivity contribution in [1.29, 1.82) is 0 Å². The number of hydrogen-bond donors (Lipinski definition) is 1. The molecule has 0 aliphatic rings. The van der Waals surface area contributed by atoms with Crippen molar-refractivity contribution in [3.05, 3.63) is 84.3 Å². The Morgan fingerprint density at radius 1 is 1.07 bits per heavy atom. The highest BCUT2D eigenvalue weighted by atomic mass is 16.5. The molecule has 1 N–H and O–H groups in total. The Kier molecular flexibility index (Phi) is 5.56. The van der Waals surface area contributed by atoms with Gasteiger partial charge in [0, 0.05) is 30.3 Å². The van der Waals surface area contributed by atoms with Crippen LogP contribution >= 0.6 is 0 Å². The van der Waals surface area contributed by atoms with Crippen LogP contribution in [0.2, 0.25) is 0 Å². The number of amides is 1. The monoisotopic (exact) mass is 386 g/mol. The number of carbonyl (C=O) groups excluding carboxylic acids is 1. The van der Waals surface area contributed by atoms with Gasteiger partial charge in [-0.3, -0.25) is 9.78 Å². The van der Waals surface area contributed by atoms with Crippen molar-refractivity contribution in [2.45, 2.75) is 19.4 Å². The van der Waals surface area contributed by atoms with Crippen LogP contribution in [0.25, 0.3) is 22.2 Å². The van der Waals surface area contributed by atoms with Crippen LogP contribution in [-0.2, 0) is 17.8 Å². The molecule has 0 saturated carbocycles. The van der Waals surface area contributed by atoms with Gasteiger partial charge in [-0.1, -0.05) is 36.4 Å². The molecule has 0 unspecified atom stereocenters. The number of pyridine rings is 1. The third-order valence-electron chi connectivity index (χ3n) is 4.94. The van der Waals surface area contributed by atoms with E-state index in [1.54, 1.807) is 19.6 Å². The second kappa shape index (κ2) is 8.61. The maximum absolute atomic E-state index is 12.5. The van der Waals surface area contributed by atoms with Crippen LogP contribution in [0.5, 0.6) is 5.75 Å². The molecule has 0 radical (unpaired) electrons. The highest BCUT2D eigenvalue weighted by molar-refractivity contribution is 5.88. The number of methoxy groups -OCH3 is 1. The number of ether oxygens (including phenoxy) is 1. The van der Waals surface area contributed by atoms with E-state index < -0.39 is 0 Å². The highest BCUT2D eigenvalue weighted by Gasteiger charge is 2.12. The lowest BCUT2D eigenvalue weighted by molar-refractivity contribution is -0.121. The Bertz CT molecular complexity index is 1120. The summed E-state index contributed by atoms with van der Waals surface area (Å²) < 4.78 is 11.0.